The quantitative estimate of drug-likeness (QED) is 0.366. The van der Waals surface area contributed by atoms with Crippen molar-refractivity contribution in [1.82, 2.24) is 14.8 Å². The third-order valence-electron chi connectivity index (χ3n) is 5.03. The van der Waals surface area contributed by atoms with Crippen LogP contribution in [0.2, 0.25) is 0 Å². The average Bonchev–Trinajstić information content (AvgIpc) is 3.43. The van der Waals surface area contributed by atoms with Gasteiger partial charge in [-0.25, -0.2) is 4.98 Å². The number of anilines is 1. The summed E-state index contributed by atoms with van der Waals surface area (Å²) in [5.41, 5.74) is 4.76. The number of aromatic nitrogens is 3. The fraction of sp³-hybridized carbons (Fsp3) is 0.240. The molecule has 1 N–H and O–H groups in total. The smallest absolute Gasteiger partial charge is 0.277 e. The van der Waals surface area contributed by atoms with Crippen LogP contribution in [-0.2, 0) is 6.42 Å². The zero-order valence-corrected chi connectivity index (χ0v) is 18.8. The first-order valence-electron chi connectivity index (χ1n) is 10.6. The van der Waals surface area contributed by atoms with Gasteiger partial charge in [-0.05, 0) is 37.5 Å². The number of hydrogen-bond acceptors (Lipinski definition) is 4. The van der Waals surface area contributed by atoms with Crippen LogP contribution in [0.4, 0.5) is 5.13 Å². The lowest BCUT2D eigenvalue weighted by Crippen LogP contribution is -2.13. The third kappa shape index (κ3) is 4.75. The summed E-state index contributed by atoms with van der Waals surface area (Å²) in [6, 6.07) is 20.7. The highest BCUT2D eigenvalue weighted by molar-refractivity contribution is 7.16. The Bertz CT molecular complexity index is 1160. The molecule has 0 aliphatic heterocycles. The Balaban J connectivity index is 1.57. The van der Waals surface area contributed by atoms with Crippen molar-refractivity contribution in [3.8, 4) is 22.4 Å². The Hall–Kier alpha value is -3.25. The van der Waals surface area contributed by atoms with Crippen molar-refractivity contribution in [3.05, 3.63) is 77.4 Å². The summed E-state index contributed by atoms with van der Waals surface area (Å²) in [6.07, 6.45) is 3.76. The molecule has 6 heteroatoms. The molecule has 31 heavy (non-hydrogen) atoms. The number of nitrogens with one attached hydrogen (secondary N) is 1. The standard InChI is InChI=1S/C25H26N4OS/c1-4-8-22-23(20-13-11-19(12-14-20)18-9-6-5-7-10-18)26-25(31-22)27-24(30)21-15-16-29(28-21)17(2)3/h5-7,9-17H,4,8H2,1-3H3,(H,26,27,30). The van der Waals surface area contributed by atoms with Gasteiger partial charge < -0.3 is 0 Å². The van der Waals surface area contributed by atoms with E-state index in [4.69, 9.17) is 4.98 Å². The predicted molar refractivity (Wildman–Crippen MR) is 128 cm³/mol. The van der Waals surface area contributed by atoms with E-state index in [0.29, 0.717) is 10.8 Å². The Morgan fingerprint density at radius 3 is 2.32 bits per heavy atom. The molecule has 1 amide bonds. The van der Waals surface area contributed by atoms with E-state index in [1.807, 2.05) is 38.2 Å². The number of aryl methyl sites for hydroxylation is 1. The van der Waals surface area contributed by atoms with E-state index in [1.165, 1.54) is 27.3 Å². The topological polar surface area (TPSA) is 59.8 Å². The number of rotatable bonds is 7. The van der Waals surface area contributed by atoms with Gasteiger partial charge in [-0.3, -0.25) is 14.8 Å². The fourth-order valence-electron chi connectivity index (χ4n) is 3.39. The van der Waals surface area contributed by atoms with Crippen molar-refractivity contribution in [2.24, 2.45) is 0 Å². The van der Waals surface area contributed by atoms with E-state index in [2.05, 4.69) is 53.7 Å². The van der Waals surface area contributed by atoms with Gasteiger partial charge in [-0.2, -0.15) is 5.10 Å². The minimum absolute atomic E-state index is 0.211. The third-order valence-corrected chi connectivity index (χ3v) is 6.06. The molecule has 0 atom stereocenters. The van der Waals surface area contributed by atoms with Crippen molar-refractivity contribution >= 4 is 22.4 Å². The summed E-state index contributed by atoms with van der Waals surface area (Å²) in [5.74, 6) is -0.234. The van der Waals surface area contributed by atoms with Gasteiger partial charge >= 0.3 is 0 Å². The molecule has 0 unspecified atom stereocenters. The van der Waals surface area contributed by atoms with Gasteiger partial charge in [0.2, 0.25) is 0 Å². The molecule has 4 rings (SSSR count). The molecule has 0 aliphatic rings. The maximum absolute atomic E-state index is 12.6. The maximum Gasteiger partial charge on any atom is 0.277 e. The molecule has 5 nitrogen and oxygen atoms in total. The van der Waals surface area contributed by atoms with E-state index in [9.17, 15) is 4.79 Å². The second-order valence-electron chi connectivity index (χ2n) is 7.71. The van der Waals surface area contributed by atoms with Crippen LogP contribution < -0.4 is 5.32 Å². The first-order valence-corrected chi connectivity index (χ1v) is 11.4. The summed E-state index contributed by atoms with van der Waals surface area (Å²) in [4.78, 5) is 18.6. The molecule has 0 radical (unpaired) electrons. The normalized spacial score (nSPS) is 11.1. The summed E-state index contributed by atoms with van der Waals surface area (Å²) in [5, 5.41) is 7.89. The number of amides is 1. The molecular formula is C25H26N4OS. The summed E-state index contributed by atoms with van der Waals surface area (Å²) in [6.45, 7) is 6.21. The molecule has 2 aromatic carbocycles. The lowest BCUT2D eigenvalue weighted by atomic mass is 10.0. The summed E-state index contributed by atoms with van der Waals surface area (Å²) >= 11 is 1.54. The average molecular weight is 431 g/mol. The van der Waals surface area contributed by atoms with Gasteiger partial charge in [0, 0.05) is 22.7 Å². The number of carbonyl (C=O) groups excluding carboxylic acids is 1. The van der Waals surface area contributed by atoms with Gasteiger partial charge in [0.05, 0.1) is 5.69 Å². The Kier molecular flexibility index (Phi) is 6.28. The largest absolute Gasteiger partial charge is 0.296 e. The highest BCUT2D eigenvalue weighted by Gasteiger charge is 2.17. The first kappa shape index (κ1) is 21.0. The zero-order chi connectivity index (χ0) is 21.8. The van der Waals surface area contributed by atoms with Crippen molar-refractivity contribution in [1.29, 1.82) is 0 Å². The van der Waals surface area contributed by atoms with E-state index in [1.54, 1.807) is 10.7 Å². The molecule has 0 spiro atoms. The molecule has 2 heterocycles. The summed E-state index contributed by atoms with van der Waals surface area (Å²) < 4.78 is 1.78. The second-order valence-corrected chi connectivity index (χ2v) is 8.80. The number of hydrogen-bond donors (Lipinski definition) is 1. The molecule has 158 valence electrons. The van der Waals surface area contributed by atoms with Crippen LogP contribution in [0.3, 0.4) is 0 Å². The number of nitrogens with zero attached hydrogens (tertiary/aromatic N) is 3. The Morgan fingerprint density at radius 1 is 1.00 bits per heavy atom. The van der Waals surface area contributed by atoms with Crippen LogP contribution in [0.5, 0.6) is 0 Å². The molecule has 4 aromatic rings. The van der Waals surface area contributed by atoms with E-state index < -0.39 is 0 Å². The number of thiazole rings is 1. The van der Waals surface area contributed by atoms with Gasteiger partial charge in [-0.1, -0.05) is 67.9 Å². The zero-order valence-electron chi connectivity index (χ0n) is 18.0. The van der Waals surface area contributed by atoms with Crippen LogP contribution in [0.15, 0.2) is 66.9 Å². The SMILES string of the molecule is CCCc1sc(NC(=O)c2ccn(C(C)C)n2)nc1-c1ccc(-c2ccccc2)cc1. The summed E-state index contributed by atoms with van der Waals surface area (Å²) in [7, 11) is 0. The van der Waals surface area contributed by atoms with Crippen molar-refractivity contribution in [2.75, 3.05) is 5.32 Å². The van der Waals surface area contributed by atoms with Crippen LogP contribution in [0.1, 0.15) is 48.6 Å². The molecule has 2 aromatic heterocycles. The van der Waals surface area contributed by atoms with E-state index in [0.717, 1.165) is 24.1 Å². The van der Waals surface area contributed by atoms with E-state index >= 15 is 0 Å². The van der Waals surface area contributed by atoms with E-state index in [-0.39, 0.29) is 11.9 Å². The van der Waals surface area contributed by atoms with Gasteiger partial charge in [0.15, 0.2) is 10.8 Å². The Morgan fingerprint density at radius 2 is 1.68 bits per heavy atom. The maximum atomic E-state index is 12.6. The minimum atomic E-state index is -0.234. The second kappa shape index (κ2) is 9.27. The minimum Gasteiger partial charge on any atom is -0.296 e. The first-order chi connectivity index (χ1) is 15.0. The molecule has 0 saturated carbocycles. The lowest BCUT2D eigenvalue weighted by Gasteiger charge is -2.05. The van der Waals surface area contributed by atoms with Gasteiger partial charge in [0.1, 0.15) is 0 Å². The van der Waals surface area contributed by atoms with Crippen LogP contribution in [0, 0.1) is 0 Å². The number of carbonyl (C=O) groups is 1. The molecule has 0 fully saturated rings. The van der Waals surface area contributed by atoms with Crippen molar-refractivity contribution in [3.63, 3.8) is 0 Å². The number of benzene rings is 2. The molecule has 0 aliphatic carbocycles. The molecular weight excluding hydrogens is 404 g/mol. The van der Waals surface area contributed by atoms with Crippen LogP contribution in [-0.4, -0.2) is 20.7 Å². The van der Waals surface area contributed by atoms with Gasteiger partial charge in [-0.15, -0.1) is 11.3 Å². The Labute approximate surface area is 186 Å². The van der Waals surface area contributed by atoms with Crippen molar-refractivity contribution in [2.45, 2.75) is 39.7 Å². The van der Waals surface area contributed by atoms with Crippen molar-refractivity contribution < 1.29 is 4.79 Å². The fourth-order valence-corrected chi connectivity index (χ4v) is 4.47. The van der Waals surface area contributed by atoms with Crippen LogP contribution in [0.25, 0.3) is 22.4 Å². The monoisotopic (exact) mass is 430 g/mol. The highest BCUT2D eigenvalue weighted by atomic mass is 32.1. The van der Waals surface area contributed by atoms with Crippen LogP contribution >= 0.6 is 11.3 Å². The molecule has 0 saturated heterocycles. The predicted octanol–water partition coefficient (Wildman–Crippen LogP) is 6.46. The van der Waals surface area contributed by atoms with Gasteiger partial charge in [0.25, 0.3) is 5.91 Å². The molecule has 0 bridgehead atoms. The lowest BCUT2D eigenvalue weighted by molar-refractivity contribution is 0.102. The highest BCUT2D eigenvalue weighted by Crippen LogP contribution is 2.33.